The van der Waals surface area contributed by atoms with Crippen LogP contribution in [0.15, 0.2) is 109 Å². The normalized spacial score (nSPS) is 14.5. The fourth-order valence-electron chi connectivity index (χ4n) is 7.69. The summed E-state index contributed by atoms with van der Waals surface area (Å²) in [5.41, 5.74) is 10.2. The van der Waals surface area contributed by atoms with E-state index < -0.39 is 0 Å². The number of rotatable bonds is 7. The van der Waals surface area contributed by atoms with Crippen LogP contribution in [0.3, 0.4) is 0 Å². The maximum absolute atomic E-state index is 5.55. The average Bonchev–Trinajstić information content (AvgIpc) is 4.14. The van der Waals surface area contributed by atoms with E-state index in [9.17, 15) is 0 Å². The van der Waals surface area contributed by atoms with Crippen molar-refractivity contribution in [3.05, 3.63) is 104 Å². The number of nitrogens with zero attached hydrogens (tertiary/aromatic N) is 10. The van der Waals surface area contributed by atoms with Crippen molar-refractivity contribution in [2.24, 2.45) is 0 Å². The number of hydrogen-bond acceptors (Lipinski definition) is 13. The molecule has 16 heteroatoms. The topological polar surface area (TPSA) is 175 Å². The first-order valence-corrected chi connectivity index (χ1v) is 20.6. The number of aromatic amines is 3. The largest absolute Gasteiger partial charge is 0.378 e. The van der Waals surface area contributed by atoms with Crippen molar-refractivity contribution < 1.29 is 9.47 Å². The van der Waals surface area contributed by atoms with E-state index in [0.29, 0.717) is 26.4 Å². The fraction of sp³-hybridized carbons (Fsp3) is 0.209. The van der Waals surface area contributed by atoms with Crippen molar-refractivity contribution in [3.8, 4) is 45.0 Å². The van der Waals surface area contributed by atoms with Gasteiger partial charge < -0.3 is 24.3 Å². The Bertz CT molecular complexity index is 2870. The molecule has 0 atom stereocenters. The van der Waals surface area contributed by atoms with E-state index in [1.54, 1.807) is 24.2 Å². The zero-order valence-electron chi connectivity index (χ0n) is 32.2. The lowest BCUT2D eigenvalue weighted by atomic mass is 9.99. The molecule has 3 N–H and O–H groups in total. The molecule has 294 valence electrons. The fourth-order valence-corrected chi connectivity index (χ4v) is 8.10. The molecule has 0 aromatic carbocycles. The van der Waals surface area contributed by atoms with Crippen molar-refractivity contribution in [2.45, 2.75) is 4.90 Å². The number of ether oxygens (including phenoxy) is 2. The minimum atomic E-state index is 0.701. The van der Waals surface area contributed by atoms with E-state index >= 15 is 0 Å². The van der Waals surface area contributed by atoms with Gasteiger partial charge in [0, 0.05) is 102 Å². The maximum atomic E-state index is 5.55. The summed E-state index contributed by atoms with van der Waals surface area (Å²) in [4.78, 5) is 37.1. The second kappa shape index (κ2) is 16.2. The van der Waals surface area contributed by atoms with Gasteiger partial charge in [-0.25, -0.2) is 15.0 Å². The quantitative estimate of drug-likeness (QED) is 0.140. The van der Waals surface area contributed by atoms with Crippen molar-refractivity contribution in [1.29, 1.82) is 0 Å². The van der Waals surface area contributed by atoms with Gasteiger partial charge in [-0.05, 0) is 77.5 Å². The van der Waals surface area contributed by atoms with E-state index in [4.69, 9.17) is 19.4 Å². The Hall–Kier alpha value is -6.75. The van der Waals surface area contributed by atoms with E-state index in [0.717, 1.165) is 121 Å². The minimum absolute atomic E-state index is 0.701. The van der Waals surface area contributed by atoms with Crippen LogP contribution < -0.4 is 9.80 Å². The highest BCUT2D eigenvalue weighted by molar-refractivity contribution is 7.98. The Balaban J connectivity index is 0.000000143. The summed E-state index contributed by atoms with van der Waals surface area (Å²) in [6.07, 6.45) is 16.7. The molecule has 9 aromatic rings. The van der Waals surface area contributed by atoms with Crippen LogP contribution in [-0.4, -0.2) is 114 Å². The van der Waals surface area contributed by atoms with Crippen LogP contribution in [-0.2, 0) is 9.47 Å². The predicted molar refractivity (Wildman–Crippen MR) is 230 cm³/mol. The molecule has 0 radical (unpaired) electrons. The molecule has 0 amide bonds. The van der Waals surface area contributed by atoms with Gasteiger partial charge in [0.05, 0.1) is 37.8 Å². The summed E-state index contributed by atoms with van der Waals surface area (Å²) >= 11 is 1.69. The Morgan fingerprint density at radius 1 is 0.593 bits per heavy atom. The highest BCUT2D eigenvalue weighted by Crippen LogP contribution is 2.38. The molecule has 2 saturated heterocycles. The van der Waals surface area contributed by atoms with Gasteiger partial charge in [0.15, 0.2) is 0 Å². The number of thioether (sulfide) groups is 1. The van der Waals surface area contributed by atoms with Crippen LogP contribution in [0.2, 0.25) is 0 Å². The van der Waals surface area contributed by atoms with Gasteiger partial charge in [-0.2, -0.15) is 10.2 Å². The van der Waals surface area contributed by atoms with Crippen molar-refractivity contribution >= 4 is 56.2 Å². The molecule has 2 aliphatic rings. The number of H-pyrrole nitrogens is 3. The van der Waals surface area contributed by atoms with Gasteiger partial charge in [0.1, 0.15) is 39.7 Å². The highest BCUT2D eigenvalue weighted by atomic mass is 32.2. The molecular formula is C43H39N13O2S. The molecule has 15 nitrogen and oxygen atoms in total. The lowest BCUT2D eigenvalue weighted by Gasteiger charge is -2.28. The lowest BCUT2D eigenvalue weighted by molar-refractivity contribution is 0.122. The van der Waals surface area contributed by atoms with Gasteiger partial charge in [-0.3, -0.25) is 25.1 Å². The molecule has 2 aliphatic heterocycles. The molecule has 59 heavy (non-hydrogen) atoms. The summed E-state index contributed by atoms with van der Waals surface area (Å²) in [6.45, 7) is 6.08. The first kappa shape index (κ1) is 36.6. The average molecular weight is 802 g/mol. The number of morpholine rings is 2. The van der Waals surface area contributed by atoms with Gasteiger partial charge in [0.2, 0.25) is 0 Å². The summed E-state index contributed by atoms with van der Waals surface area (Å²) in [7, 11) is 0. The maximum Gasteiger partial charge on any atom is 0.137 e. The van der Waals surface area contributed by atoms with Crippen LogP contribution in [0.4, 0.5) is 11.6 Å². The predicted octanol–water partition coefficient (Wildman–Crippen LogP) is 7.04. The molecule has 0 spiro atoms. The van der Waals surface area contributed by atoms with Crippen LogP contribution in [0.5, 0.6) is 0 Å². The SMILES string of the molecule is CSc1cncc(-c2cc(N3CCOCC3)nc3c(-c4ccn[nH]4)nccc23)c1.c1cc(-c2nccc3c(-c4ccnc5[nH]ccc45)cc(N4CCOCC4)nc23)[nH]n1. The van der Waals surface area contributed by atoms with Crippen LogP contribution in [0.1, 0.15) is 0 Å². The molecular weight excluding hydrogens is 763 g/mol. The smallest absolute Gasteiger partial charge is 0.137 e. The van der Waals surface area contributed by atoms with Crippen LogP contribution >= 0.6 is 11.8 Å². The Morgan fingerprint density at radius 3 is 1.78 bits per heavy atom. The molecule has 0 saturated carbocycles. The second-order valence-corrected chi connectivity index (χ2v) is 14.9. The van der Waals surface area contributed by atoms with Crippen LogP contribution in [0.25, 0.3) is 77.9 Å². The Morgan fingerprint density at radius 2 is 1.19 bits per heavy atom. The highest BCUT2D eigenvalue weighted by Gasteiger charge is 2.21. The second-order valence-electron chi connectivity index (χ2n) is 14.0. The number of hydrogen-bond donors (Lipinski definition) is 3. The van der Waals surface area contributed by atoms with Gasteiger partial charge in [0.25, 0.3) is 0 Å². The third-order valence-electron chi connectivity index (χ3n) is 10.6. The lowest BCUT2D eigenvalue weighted by Crippen LogP contribution is -2.36. The first-order chi connectivity index (χ1) is 29.2. The van der Waals surface area contributed by atoms with E-state index in [1.807, 2.05) is 61.4 Å². The molecule has 11 rings (SSSR count). The molecule has 0 aliphatic carbocycles. The zero-order valence-corrected chi connectivity index (χ0v) is 33.0. The molecule has 0 bridgehead atoms. The summed E-state index contributed by atoms with van der Waals surface area (Å²) < 4.78 is 11.1. The standard InChI is InChI=1S/C22H19N7O.C21H20N6OS/c1-6-24-22-16(3-7-25-22)14(1)17-13-19(29-9-11-30-12-10-29)27-20-15(17)2-5-23-21(20)18-4-8-26-28-18;1-29-15-10-14(12-22-13-15)17-11-19(27-6-8-28-9-7-27)25-20-16(17)2-4-23-21(20)18-3-5-24-26-18/h1-8,13H,9-12H2,(H,24,25)(H,26,28);2-5,10-13H,6-9H2,1H3,(H,24,26). The van der Waals surface area contributed by atoms with Gasteiger partial charge in [-0.1, -0.05) is 0 Å². The van der Waals surface area contributed by atoms with Crippen LogP contribution in [0, 0.1) is 0 Å². The van der Waals surface area contributed by atoms with Crippen molar-refractivity contribution in [1.82, 2.24) is 55.3 Å². The Labute approximate surface area is 342 Å². The molecule has 9 aromatic heterocycles. The number of pyridine rings is 6. The minimum Gasteiger partial charge on any atom is -0.378 e. The van der Waals surface area contributed by atoms with Gasteiger partial charge >= 0.3 is 0 Å². The Kier molecular flexibility index (Phi) is 10.1. The van der Waals surface area contributed by atoms with E-state index in [1.165, 1.54) is 0 Å². The number of nitrogens with one attached hydrogen (secondary N) is 3. The molecule has 0 unspecified atom stereocenters. The van der Waals surface area contributed by atoms with E-state index in [2.05, 4.69) is 91.7 Å². The van der Waals surface area contributed by atoms with E-state index in [-0.39, 0.29) is 0 Å². The molecule has 11 heterocycles. The number of fused-ring (bicyclic) bond motifs is 3. The van der Waals surface area contributed by atoms with Gasteiger partial charge in [-0.15, -0.1) is 11.8 Å². The number of aromatic nitrogens is 11. The summed E-state index contributed by atoms with van der Waals surface area (Å²) in [6, 6.07) is 18.5. The van der Waals surface area contributed by atoms with Crippen molar-refractivity contribution in [3.63, 3.8) is 0 Å². The summed E-state index contributed by atoms with van der Waals surface area (Å²) in [5, 5.41) is 17.4. The third-order valence-corrected chi connectivity index (χ3v) is 11.3. The van der Waals surface area contributed by atoms with Crippen molar-refractivity contribution in [2.75, 3.05) is 68.7 Å². The summed E-state index contributed by atoms with van der Waals surface area (Å²) in [5.74, 6) is 1.86. The monoisotopic (exact) mass is 801 g/mol. The zero-order chi connectivity index (χ0) is 39.5. The molecule has 2 fully saturated rings. The number of anilines is 2. The first-order valence-electron chi connectivity index (χ1n) is 19.4. The third kappa shape index (κ3) is 7.22.